The van der Waals surface area contributed by atoms with E-state index in [9.17, 15) is 0 Å². The van der Waals surface area contributed by atoms with Crippen LogP contribution in [0.3, 0.4) is 0 Å². The molecular weight excluding hydrogens is 148 g/mol. The molecule has 0 unspecified atom stereocenters. The molecule has 0 aromatic heterocycles. The molecule has 0 aliphatic heterocycles. The minimum absolute atomic E-state index is 0.356. The van der Waals surface area contributed by atoms with Gasteiger partial charge in [0.15, 0.2) is 5.17 Å². The molecule has 0 saturated carbocycles. The van der Waals surface area contributed by atoms with E-state index in [2.05, 4.69) is 23.7 Å². The third-order valence-corrected chi connectivity index (χ3v) is 1.29. The lowest BCUT2D eigenvalue weighted by molar-refractivity contribution is 0.905. The fourth-order valence-corrected chi connectivity index (χ4v) is 0.588. The molecule has 2 nitrogen and oxygen atoms in total. The molecule has 0 rings (SSSR count). The molecule has 0 bridgehead atoms. The molecule has 56 valence electrons. The summed E-state index contributed by atoms with van der Waals surface area (Å²) < 4.78 is 0. The maximum Gasteiger partial charge on any atom is 0.155 e. The lowest BCUT2D eigenvalue weighted by atomic mass is 10.2. The molecule has 0 aromatic rings. The maximum atomic E-state index is 5.65. The number of hydrogen-bond donors (Lipinski definition) is 1. The highest BCUT2D eigenvalue weighted by Crippen LogP contribution is 2.08. The Kier molecular flexibility index (Phi) is 3.81. The van der Waals surface area contributed by atoms with E-state index in [1.807, 2.05) is 6.92 Å². The summed E-state index contributed by atoms with van der Waals surface area (Å²) in [6.07, 6.45) is 0. The van der Waals surface area contributed by atoms with Gasteiger partial charge in [-0.2, -0.15) is 5.10 Å². The minimum atomic E-state index is 0.356. The summed E-state index contributed by atoms with van der Waals surface area (Å²) in [6, 6.07) is 0. The van der Waals surface area contributed by atoms with Gasteiger partial charge in [-0.25, -0.2) is 0 Å². The molecule has 3 heteroatoms. The molecule has 0 radical (unpaired) electrons. The van der Waals surface area contributed by atoms with Crippen molar-refractivity contribution in [3.63, 3.8) is 0 Å². The SMILES string of the molecule is C=C(C)C(=C)/C(Cl)=N\NC. The van der Waals surface area contributed by atoms with Gasteiger partial charge < -0.3 is 5.43 Å². The van der Waals surface area contributed by atoms with E-state index < -0.39 is 0 Å². The zero-order valence-electron chi connectivity index (χ0n) is 6.24. The van der Waals surface area contributed by atoms with Crippen LogP contribution in [0.4, 0.5) is 0 Å². The van der Waals surface area contributed by atoms with Crippen molar-refractivity contribution in [2.24, 2.45) is 5.10 Å². The summed E-state index contributed by atoms with van der Waals surface area (Å²) in [7, 11) is 1.67. The van der Waals surface area contributed by atoms with Crippen molar-refractivity contribution >= 4 is 16.8 Å². The fourth-order valence-electron chi connectivity index (χ4n) is 0.342. The van der Waals surface area contributed by atoms with Crippen LogP contribution in [-0.4, -0.2) is 12.2 Å². The Hall–Kier alpha value is -0.760. The molecule has 10 heavy (non-hydrogen) atoms. The van der Waals surface area contributed by atoms with Gasteiger partial charge in [0.05, 0.1) is 0 Å². The number of rotatable bonds is 3. The van der Waals surface area contributed by atoms with Crippen molar-refractivity contribution in [3.8, 4) is 0 Å². The van der Waals surface area contributed by atoms with Gasteiger partial charge in [0.2, 0.25) is 0 Å². The quantitative estimate of drug-likeness (QED) is 0.379. The van der Waals surface area contributed by atoms with E-state index in [4.69, 9.17) is 11.6 Å². The first kappa shape index (κ1) is 9.24. The van der Waals surface area contributed by atoms with Crippen LogP contribution >= 0.6 is 11.6 Å². The van der Waals surface area contributed by atoms with Crippen molar-refractivity contribution in [3.05, 3.63) is 24.3 Å². The van der Waals surface area contributed by atoms with E-state index in [0.29, 0.717) is 10.7 Å². The second kappa shape index (κ2) is 4.12. The summed E-state index contributed by atoms with van der Waals surface area (Å²) in [4.78, 5) is 0. The fraction of sp³-hybridized carbons (Fsp3) is 0.286. The standard InChI is InChI=1S/C7H11ClN2/c1-5(2)6(3)7(8)10-9-4/h9H,1,3H2,2,4H3/b10-7+. The van der Waals surface area contributed by atoms with Crippen LogP contribution in [-0.2, 0) is 0 Å². The molecule has 0 heterocycles. The van der Waals surface area contributed by atoms with E-state index in [-0.39, 0.29) is 0 Å². The summed E-state index contributed by atoms with van der Waals surface area (Å²) >= 11 is 5.65. The normalized spacial score (nSPS) is 10.9. The number of hydrogen-bond acceptors (Lipinski definition) is 2. The predicted octanol–water partition coefficient (Wildman–Crippen LogP) is 1.89. The number of nitrogens with one attached hydrogen (secondary N) is 1. The van der Waals surface area contributed by atoms with E-state index >= 15 is 0 Å². The van der Waals surface area contributed by atoms with Crippen molar-refractivity contribution in [1.29, 1.82) is 0 Å². The van der Waals surface area contributed by atoms with Crippen LogP contribution in [0.2, 0.25) is 0 Å². The van der Waals surface area contributed by atoms with Gasteiger partial charge in [0.1, 0.15) is 0 Å². The second-order valence-electron chi connectivity index (χ2n) is 1.89. The highest BCUT2D eigenvalue weighted by molar-refractivity contribution is 6.70. The number of nitrogens with zero attached hydrogens (tertiary/aromatic N) is 1. The largest absolute Gasteiger partial charge is 0.312 e. The highest BCUT2D eigenvalue weighted by atomic mass is 35.5. The third kappa shape index (κ3) is 2.69. The van der Waals surface area contributed by atoms with E-state index in [1.54, 1.807) is 7.05 Å². The summed E-state index contributed by atoms with van der Waals surface area (Å²) in [5.74, 6) is 0. The summed E-state index contributed by atoms with van der Waals surface area (Å²) in [5, 5.41) is 4.07. The Labute approximate surface area is 66.3 Å². The lowest BCUT2D eigenvalue weighted by Crippen LogP contribution is -2.01. The highest BCUT2D eigenvalue weighted by Gasteiger charge is 1.99. The van der Waals surface area contributed by atoms with E-state index in [1.165, 1.54) is 0 Å². The van der Waals surface area contributed by atoms with Gasteiger partial charge >= 0.3 is 0 Å². The molecule has 0 saturated heterocycles. The molecule has 0 aromatic carbocycles. The van der Waals surface area contributed by atoms with Crippen LogP contribution in [0.25, 0.3) is 0 Å². The van der Waals surface area contributed by atoms with Crippen LogP contribution < -0.4 is 5.43 Å². The number of allylic oxidation sites excluding steroid dienone is 2. The van der Waals surface area contributed by atoms with Gasteiger partial charge in [-0.1, -0.05) is 24.8 Å². The van der Waals surface area contributed by atoms with Gasteiger partial charge in [0, 0.05) is 12.6 Å². The second-order valence-corrected chi connectivity index (χ2v) is 2.24. The van der Waals surface area contributed by atoms with Gasteiger partial charge in [-0.05, 0) is 12.5 Å². The smallest absolute Gasteiger partial charge is 0.155 e. The third-order valence-electron chi connectivity index (χ3n) is 0.974. The monoisotopic (exact) mass is 158 g/mol. The Morgan fingerprint density at radius 2 is 2.00 bits per heavy atom. The Morgan fingerprint density at radius 1 is 1.50 bits per heavy atom. The zero-order valence-corrected chi connectivity index (χ0v) is 7.00. The first-order chi connectivity index (χ1) is 4.59. The molecule has 0 amide bonds. The Morgan fingerprint density at radius 3 is 2.30 bits per heavy atom. The van der Waals surface area contributed by atoms with Gasteiger partial charge in [-0.3, -0.25) is 0 Å². The molecule has 1 N–H and O–H groups in total. The van der Waals surface area contributed by atoms with E-state index in [0.717, 1.165) is 5.57 Å². The number of halogens is 1. The molecule has 0 atom stereocenters. The van der Waals surface area contributed by atoms with Crippen LogP contribution in [0, 0.1) is 0 Å². The van der Waals surface area contributed by atoms with Crippen molar-refractivity contribution < 1.29 is 0 Å². The zero-order chi connectivity index (χ0) is 8.15. The van der Waals surface area contributed by atoms with Crippen molar-refractivity contribution in [1.82, 2.24) is 5.43 Å². The first-order valence-electron chi connectivity index (χ1n) is 2.84. The molecular formula is C7H11ClN2. The van der Waals surface area contributed by atoms with Gasteiger partial charge in [0.25, 0.3) is 0 Å². The average Bonchev–Trinajstić information content (AvgIpc) is 1.87. The Balaban J connectivity index is 4.22. The lowest BCUT2D eigenvalue weighted by Gasteiger charge is -1.99. The maximum absolute atomic E-state index is 5.65. The predicted molar refractivity (Wildman–Crippen MR) is 46.3 cm³/mol. The molecule has 0 spiro atoms. The van der Waals surface area contributed by atoms with Crippen LogP contribution in [0.15, 0.2) is 29.4 Å². The average molecular weight is 159 g/mol. The van der Waals surface area contributed by atoms with Crippen molar-refractivity contribution in [2.75, 3.05) is 7.05 Å². The number of hydrazone groups is 1. The van der Waals surface area contributed by atoms with Gasteiger partial charge in [-0.15, -0.1) is 0 Å². The summed E-state index contributed by atoms with van der Waals surface area (Å²) in [5.41, 5.74) is 4.04. The van der Waals surface area contributed by atoms with Crippen LogP contribution in [0.1, 0.15) is 6.92 Å². The van der Waals surface area contributed by atoms with Crippen LogP contribution in [0.5, 0.6) is 0 Å². The molecule has 0 aliphatic rings. The minimum Gasteiger partial charge on any atom is -0.312 e. The van der Waals surface area contributed by atoms with Crippen molar-refractivity contribution in [2.45, 2.75) is 6.92 Å². The topological polar surface area (TPSA) is 24.4 Å². The molecule has 0 fully saturated rings. The molecule has 0 aliphatic carbocycles. The first-order valence-corrected chi connectivity index (χ1v) is 3.22. The Bertz CT molecular complexity index is 182. The summed E-state index contributed by atoms with van der Waals surface area (Å²) in [6.45, 7) is 9.17.